The molecule has 1 aliphatic carbocycles. The predicted octanol–water partition coefficient (Wildman–Crippen LogP) is 3.66. The minimum absolute atomic E-state index is 0.0947. The number of halogens is 1. The van der Waals surface area contributed by atoms with Crippen LogP contribution in [0.5, 0.6) is 0 Å². The number of aryl methyl sites for hydroxylation is 1. The molecule has 2 nitrogen and oxygen atoms in total. The first-order valence-corrected chi connectivity index (χ1v) is 8.35. The highest BCUT2D eigenvalue weighted by molar-refractivity contribution is 5.27. The van der Waals surface area contributed by atoms with Crippen LogP contribution in [0.25, 0.3) is 0 Å². The predicted molar refractivity (Wildman–Crippen MR) is 84.9 cm³/mol. The molecule has 0 spiro atoms. The van der Waals surface area contributed by atoms with Crippen molar-refractivity contribution in [2.75, 3.05) is 20.1 Å². The first-order valence-electron chi connectivity index (χ1n) is 8.35. The van der Waals surface area contributed by atoms with E-state index in [1.165, 1.54) is 37.7 Å². The Bertz CT molecular complexity index is 484. The van der Waals surface area contributed by atoms with Crippen LogP contribution in [0.1, 0.15) is 49.3 Å². The summed E-state index contributed by atoms with van der Waals surface area (Å²) in [6.45, 7) is 4.10. The molecule has 2 fully saturated rings. The molecule has 2 unspecified atom stereocenters. The zero-order valence-electron chi connectivity index (χ0n) is 13.2. The zero-order valence-corrected chi connectivity index (χ0v) is 13.2. The molecule has 0 bridgehead atoms. The second kappa shape index (κ2) is 6.45. The maximum absolute atomic E-state index is 13.6. The Balaban J connectivity index is 1.81. The van der Waals surface area contributed by atoms with E-state index >= 15 is 0 Å². The molecule has 0 radical (unpaired) electrons. The molecule has 21 heavy (non-hydrogen) atoms. The summed E-state index contributed by atoms with van der Waals surface area (Å²) in [4.78, 5) is 2.47. The lowest BCUT2D eigenvalue weighted by Crippen LogP contribution is -2.35. The highest BCUT2D eigenvalue weighted by Crippen LogP contribution is 2.35. The molecule has 1 N–H and O–H groups in total. The van der Waals surface area contributed by atoms with Crippen molar-refractivity contribution in [2.24, 2.45) is 5.92 Å². The van der Waals surface area contributed by atoms with Crippen LogP contribution < -0.4 is 5.32 Å². The maximum atomic E-state index is 13.6. The summed E-state index contributed by atoms with van der Waals surface area (Å²) < 4.78 is 13.6. The van der Waals surface area contributed by atoms with Gasteiger partial charge in [0.15, 0.2) is 0 Å². The van der Waals surface area contributed by atoms with Crippen molar-refractivity contribution >= 4 is 0 Å². The van der Waals surface area contributed by atoms with Crippen LogP contribution >= 0.6 is 0 Å². The fourth-order valence-corrected chi connectivity index (χ4v) is 3.62. The highest BCUT2D eigenvalue weighted by Gasteiger charge is 2.31. The molecule has 1 aliphatic heterocycles. The molecule has 2 aliphatic rings. The number of likely N-dealkylation sites (tertiary alicyclic amines) is 1. The van der Waals surface area contributed by atoms with E-state index in [4.69, 9.17) is 0 Å². The van der Waals surface area contributed by atoms with E-state index in [9.17, 15) is 4.39 Å². The van der Waals surface area contributed by atoms with Crippen molar-refractivity contribution in [3.8, 4) is 0 Å². The van der Waals surface area contributed by atoms with Crippen molar-refractivity contribution in [1.82, 2.24) is 10.2 Å². The van der Waals surface area contributed by atoms with Crippen molar-refractivity contribution in [2.45, 2.75) is 51.1 Å². The average Bonchev–Trinajstić information content (AvgIpc) is 3.28. The van der Waals surface area contributed by atoms with Crippen LogP contribution in [0.2, 0.25) is 0 Å². The molecule has 0 amide bonds. The minimum Gasteiger partial charge on any atom is -0.314 e. The SMILES string of the molecule is Cc1cc(C2C(CNC3CC3)CCCCN2C)ccc1F. The van der Waals surface area contributed by atoms with Crippen molar-refractivity contribution in [3.05, 3.63) is 35.1 Å². The van der Waals surface area contributed by atoms with Crippen molar-refractivity contribution < 1.29 is 4.39 Å². The van der Waals surface area contributed by atoms with E-state index in [0.29, 0.717) is 12.0 Å². The van der Waals surface area contributed by atoms with Crippen LogP contribution in [-0.4, -0.2) is 31.1 Å². The summed E-state index contributed by atoms with van der Waals surface area (Å²) in [6, 6.07) is 6.84. The third-order valence-electron chi connectivity index (χ3n) is 5.03. The number of nitrogens with zero attached hydrogens (tertiary/aromatic N) is 1. The average molecular weight is 290 g/mol. The summed E-state index contributed by atoms with van der Waals surface area (Å²) in [5.41, 5.74) is 2.04. The number of hydrogen-bond acceptors (Lipinski definition) is 2. The minimum atomic E-state index is -0.0947. The van der Waals surface area contributed by atoms with Gasteiger partial charge in [-0.05, 0) is 69.3 Å². The van der Waals surface area contributed by atoms with Crippen molar-refractivity contribution in [1.29, 1.82) is 0 Å². The van der Waals surface area contributed by atoms with E-state index < -0.39 is 0 Å². The first kappa shape index (κ1) is 15.0. The first-order chi connectivity index (χ1) is 10.1. The molecule has 2 atom stereocenters. The van der Waals surface area contributed by atoms with E-state index in [1.807, 2.05) is 19.1 Å². The molecule has 1 aromatic rings. The lowest BCUT2D eigenvalue weighted by atomic mass is 9.88. The van der Waals surface area contributed by atoms with Gasteiger partial charge < -0.3 is 5.32 Å². The van der Waals surface area contributed by atoms with Gasteiger partial charge in [0.05, 0.1) is 0 Å². The third kappa shape index (κ3) is 3.64. The number of rotatable bonds is 4. The quantitative estimate of drug-likeness (QED) is 0.910. The Morgan fingerprint density at radius 1 is 1.24 bits per heavy atom. The molecule has 1 heterocycles. The normalized spacial score (nSPS) is 27.6. The standard InChI is InChI=1S/C18H27FN2/c1-13-11-14(6-9-17(13)19)18-15(12-20-16-7-8-16)5-3-4-10-21(18)2/h6,9,11,15-16,18,20H,3-5,7-8,10,12H2,1-2H3. The molecule has 116 valence electrons. The molecule has 3 rings (SSSR count). The molecule has 1 saturated heterocycles. The molecule has 3 heteroatoms. The second-order valence-electron chi connectivity index (χ2n) is 6.87. The van der Waals surface area contributed by atoms with Gasteiger partial charge in [-0.2, -0.15) is 0 Å². The molecular weight excluding hydrogens is 263 g/mol. The van der Waals surface area contributed by atoms with E-state index in [-0.39, 0.29) is 5.82 Å². The monoisotopic (exact) mass is 290 g/mol. The van der Waals surface area contributed by atoms with Crippen LogP contribution in [0.15, 0.2) is 18.2 Å². The lowest BCUT2D eigenvalue weighted by molar-refractivity contribution is 0.188. The molecule has 0 aromatic heterocycles. The smallest absolute Gasteiger partial charge is 0.126 e. The van der Waals surface area contributed by atoms with Gasteiger partial charge in [-0.25, -0.2) is 4.39 Å². The summed E-state index contributed by atoms with van der Waals surface area (Å²) in [5.74, 6) is 0.533. The van der Waals surface area contributed by atoms with Gasteiger partial charge in [0.1, 0.15) is 5.82 Å². The van der Waals surface area contributed by atoms with Crippen LogP contribution in [0.3, 0.4) is 0 Å². The van der Waals surface area contributed by atoms with Crippen LogP contribution in [0.4, 0.5) is 4.39 Å². The van der Waals surface area contributed by atoms with Gasteiger partial charge in [0, 0.05) is 18.6 Å². The fraction of sp³-hybridized carbons (Fsp3) is 0.667. The van der Waals surface area contributed by atoms with Gasteiger partial charge in [-0.1, -0.05) is 18.6 Å². The molecule has 1 saturated carbocycles. The maximum Gasteiger partial charge on any atom is 0.126 e. The molecule has 1 aromatic carbocycles. The van der Waals surface area contributed by atoms with E-state index in [0.717, 1.165) is 24.7 Å². The lowest BCUT2D eigenvalue weighted by Gasteiger charge is -2.33. The van der Waals surface area contributed by atoms with Gasteiger partial charge in [0.2, 0.25) is 0 Å². The van der Waals surface area contributed by atoms with Gasteiger partial charge >= 0.3 is 0 Å². The number of benzene rings is 1. The highest BCUT2D eigenvalue weighted by atomic mass is 19.1. The van der Waals surface area contributed by atoms with E-state index in [1.54, 1.807) is 6.07 Å². The Hall–Kier alpha value is -0.930. The Morgan fingerprint density at radius 3 is 2.76 bits per heavy atom. The van der Waals surface area contributed by atoms with Crippen molar-refractivity contribution in [3.63, 3.8) is 0 Å². The van der Waals surface area contributed by atoms with Gasteiger partial charge in [-0.3, -0.25) is 4.90 Å². The largest absolute Gasteiger partial charge is 0.314 e. The van der Waals surface area contributed by atoms with E-state index in [2.05, 4.69) is 17.3 Å². The summed E-state index contributed by atoms with van der Waals surface area (Å²) >= 11 is 0. The zero-order chi connectivity index (χ0) is 14.8. The number of nitrogens with one attached hydrogen (secondary N) is 1. The van der Waals surface area contributed by atoms with Crippen LogP contribution in [0, 0.1) is 18.7 Å². The fourth-order valence-electron chi connectivity index (χ4n) is 3.62. The topological polar surface area (TPSA) is 15.3 Å². The van der Waals surface area contributed by atoms with Gasteiger partial charge in [-0.15, -0.1) is 0 Å². The molecular formula is C18H27FN2. The second-order valence-corrected chi connectivity index (χ2v) is 6.87. The Kier molecular flexibility index (Phi) is 4.60. The number of hydrogen-bond donors (Lipinski definition) is 1. The van der Waals surface area contributed by atoms with Gasteiger partial charge in [0.25, 0.3) is 0 Å². The summed E-state index contributed by atoms with van der Waals surface area (Å²) in [6.07, 6.45) is 6.52. The summed E-state index contributed by atoms with van der Waals surface area (Å²) in [7, 11) is 2.22. The summed E-state index contributed by atoms with van der Waals surface area (Å²) in [5, 5.41) is 3.70. The van der Waals surface area contributed by atoms with Crippen LogP contribution in [-0.2, 0) is 0 Å². The Labute approximate surface area is 127 Å². The third-order valence-corrected chi connectivity index (χ3v) is 5.03. The Morgan fingerprint density at radius 2 is 2.05 bits per heavy atom.